The second-order valence-corrected chi connectivity index (χ2v) is 8.46. The Labute approximate surface area is 165 Å². The minimum absolute atomic E-state index is 0.00215. The highest BCUT2D eigenvalue weighted by Crippen LogP contribution is 2.42. The van der Waals surface area contributed by atoms with Gasteiger partial charge in [-0.05, 0) is 36.4 Å². The number of aliphatic imine (C=N–C) groups is 1. The number of carboxylic acids is 1. The minimum atomic E-state index is -2.59. The number of thioether (sulfide) groups is 1. The maximum absolute atomic E-state index is 12.7. The van der Waals surface area contributed by atoms with Gasteiger partial charge in [0.25, 0.3) is 5.76 Å². The van der Waals surface area contributed by atoms with Crippen LogP contribution in [0.2, 0.25) is 0 Å². The Kier molecular flexibility index (Phi) is 5.55. The molecule has 0 radical (unpaired) electrons. The molecule has 10 heteroatoms. The van der Waals surface area contributed by atoms with E-state index in [1.165, 1.54) is 12.1 Å². The lowest BCUT2D eigenvalue weighted by molar-refractivity contribution is -0.136. The van der Waals surface area contributed by atoms with Gasteiger partial charge in [0.05, 0.1) is 31.8 Å². The van der Waals surface area contributed by atoms with Crippen LogP contribution >= 0.6 is 34.7 Å². The van der Waals surface area contributed by atoms with Gasteiger partial charge < -0.3 is 10.2 Å². The number of ketones is 1. The van der Waals surface area contributed by atoms with Gasteiger partial charge in [0.1, 0.15) is 5.76 Å². The Morgan fingerprint density at radius 2 is 2.11 bits per heavy atom. The lowest BCUT2D eigenvalue weighted by Crippen LogP contribution is -2.18. The van der Waals surface area contributed by atoms with E-state index in [0.29, 0.717) is 34.3 Å². The van der Waals surface area contributed by atoms with Gasteiger partial charge in [-0.15, -0.1) is 11.3 Å². The van der Waals surface area contributed by atoms with E-state index in [4.69, 9.17) is 16.7 Å². The molecule has 2 heterocycles. The van der Waals surface area contributed by atoms with Crippen LogP contribution in [0, 0.1) is 0 Å². The van der Waals surface area contributed by atoms with E-state index in [-0.39, 0.29) is 32.5 Å². The summed E-state index contributed by atoms with van der Waals surface area (Å²) in [6.45, 7) is 1.63. The monoisotopic (exact) mass is 431 g/mol. The summed E-state index contributed by atoms with van der Waals surface area (Å²) in [6.07, 6.45) is -0.327. The van der Waals surface area contributed by atoms with Crippen LogP contribution in [0.4, 0.5) is 8.78 Å². The van der Waals surface area contributed by atoms with Crippen LogP contribution in [0.5, 0.6) is 0 Å². The molecule has 0 unspecified atom stereocenters. The van der Waals surface area contributed by atoms with Gasteiger partial charge in [0.2, 0.25) is 5.78 Å². The highest BCUT2D eigenvalue weighted by Gasteiger charge is 2.35. The number of rotatable bonds is 6. The number of Topliss-reactive ketones (excluding diaryl/α,β-unsaturated/α-hetero) is 1. The van der Waals surface area contributed by atoms with Gasteiger partial charge in [-0.2, -0.15) is 8.78 Å². The SMILES string of the molecule is CC1=C(CC(=O)O)C2=C(Cl)C(O)=C(C(=O)c3ccc(SC(F)F)s3)CC2=N1. The Morgan fingerprint density at radius 3 is 2.74 bits per heavy atom. The van der Waals surface area contributed by atoms with Gasteiger partial charge in [-0.1, -0.05) is 11.6 Å². The maximum Gasteiger partial charge on any atom is 0.307 e. The molecule has 0 saturated carbocycles. The summed E-state index contributed by atoms with van der Waals surface area (Å²) in [6, 6.07) is 2.84. The van der Waals surface area contributed by atoms with Crippen molar-refractivity contribution in [2.75, 3.05) is 0 Å². The van der Waals surface area contributed by atoms with Crippen LogP contribution in [0.3, 0.4) is 0 Å². The summed E-state index contributed by atoms with van der Waals surface area (Å²) in [5.41, 5.74) is 1.61. The molecule has 0 saturated heterocycles. The fraction of sp³-hybridized carbons (Fsp3) is 0.235. The molecule has 1 aromatic rings. The van der Waals surface area contributed by atoms with Crippen LogP contribution < -0.4 is 0 Å². The van der Waals surface area contributed by atoms with E-state index in [9.17, 15) is 23.5 Å². The lowest BCUT2D eigenvalue weighted by atomic mass is 9.88. The molecule has 142 valence electrons. The fourth-order valence-corrected chi connectivity index (χ4v) is 4.91. The summed E-state index contributed by atoms with van der Waals surface area (Å²) in [7, 11) is 0. The van der Waals surface area contributed by atoms with Crippen molar-refractivity contribution in [3.05, 3.63) is 50.2 Å². The molecule has 3 rings (SSSR count). The molecule has 27 heavy (non-hydrogen) atoms. The number of halogens is 3. The minimum Gasteiger partial charge on any atom is -0.506 e. The Balaban J connectivity index is 1.95. The largest absolute Gasteiger partial charge is 0.506 e. The van der Waals surface area contributed by atoms with Crippen molar-refractivity contribution >= 4 is 52.2 Å². The summed E-state index contributed by atoms with van der Waals surface area (Å²) >= 11 is 7.47. The van der Waals surface area contributed by atoms with E-state index < -0.39 is 23.3 Å². The number of nitrogens with zero attached hydrogens (tertiary/aromatic N) is 1. The number of aliphatic carboxylic acids is 1. The van der Waals surface area contributed by atoms with Crippen LogP contribution in [-0.4, -0.2) is 33.4 Å². The average molecular weight is 432 g/mol. The molecule has 1 aromatic heterocycles. The van der Waals surface area contributed by atoms with Crippen LogP contribution in [0.25, 0.3) is 0 Å². The number of thiophene rings is 1. The summed E-state index contributed by atoms with van der Waals surface area (Å²) in [5.74, 6) is -4.62. The molecule has 2 N–H and O–H groups in total. The molecule has 0 atom stereocenters. The topological polar surface area (TPSA) is 87.0 Å². The van der Waals surface area contributed by atoms with Crippen molar-refractivity contribution in [2.45, 2.75) is 29.7 Å². The Bertz CT molecular complexity index is 975. The molecule has 5 nitrogen and oxygen atoms in total. The number of carbonyl (C=O) groups is 2. The van der Waals surface area contributed by atoms with Gasteiger partial charge in [-0.3, -0.25) is 14.6 Å². The first-order valence-electron chi connectivity index (χ1n) is 7.60. The van der Waals surface area contributed by atoms with Crippen molar-refractivity contribution in [3.8, 4) is 0 Å². The average Bonchev–Trinajstić information content (AvgIpc) is 3.14. The molecular weight excluding hydrogens is 420 g/mol. The maximum atomic E-state index is 12.7. The highest BCUT2D eigenvalue weighted by molar-refractivity contribution is 8.01. The third kappa shape index (κ3) is 3.85. The zero-order chi connectivity index (χ0) is 19.9. The van der Waals surface area contributed by atoms with E-state index in [0.717, 1.165) is 11.3 Å². The predicted molar refractivity (Wildman–Crippen MR) is 100 cm³/mol. The van der Waals surface area contributed by atoms with Crippen molar-refractivity contribution in [2.24, 2.45) is 4.99 Å². The molecule has 0 spiro atoms. The molecular formula is C17H12ClF2NO4S2. The summed E-state index contributed by atoms with van der Waals surface area (Å²) < 4.78 is 25.2. The first kappa shape index (κ1) is 19.8. The lowest BCUT2D eigenvalue weighted by Gasteiger charge is -2.19. The molecule has 1 aliphatic heterocycles. The van der Waals surface area contributed by atoms with E-state index >= 15 is 0 Å². The molecule has 2 aliphatic rings. The number of hydrogen-bond donors (Lipinski definition) is 2. The van der Waals surface area contributed by atoms with Crippen molar-refractivity contribution in [1.29, 1.82) is 0 Å². The quantitative estimate of drug-likeness (QED) is 0.480. The highest BCUT2D eigenvalue weighted by atomic mass is 35.5. The zero-order valence-electron chi connectivity index (χ0n) is 13.8. The van der Waals surface area contributed by atoms with Gasteiger partial charge in [0.15, 0.2) is 0 Å². The van der Waals surface area contributed by atoms with Gasteiger partial charge in [0, 0.05) is 17.7 Å². The smallest absolute Gasteiger partial charge is 0.307 e. The van der Waals surface area contributed by atoms with Crippen molar-refractivity contribution < 1.29 is 28.6 Å². The van der Waals surface area contributed by atoms with Crippen molar-refractivity contribution in [3.63, 3.8) is 0 Å². The zero-order valence-corrected chi connectivity index (χ0v) is 16.1. The number of fused-ring (bicyclic) bond motifs is 1. The third-order valence-corrected chi connectivity index (χ3v) is 6.33. The number of carbonyl (C=O) groups excluding carboxylic acids is 1. The first-order chi connectivity index (χ1) is 12.7. The van der Waals surface area contributed by atoms with Gasteiger partial charge >= 0.3 is 5.97 Å². The van der Waals surface area contributed by atoms with E-state index in [2.05, 4.69) is 4.99 Å². The van der Waals surface area contributed by atoms with E-state index in [1.54, 1.807) is 6.92 Å². The van der Waals surface area contributed by atoms with Crippen molar-refractivity contribution in [1.82, 2.24) is 0 Å². The molecule has 0 bridgehead atoms. The summed E-state index contributed by atoms with van der Waals surface area (Å²) in [4.78, 5) is 28.3. The van der Waals surface area contributed by atoms with Crippen LogP contribution in [-0.2, 0) is 4.79 Å². The number of carboxylic acid groups (broad SMARTS) is 1. The van der Waals surface area contributed by atoms with Gasteiger partial charge in [-0.25, -0.2) is 0 Å². The molecule has 0 fully saturated rings. The number of allylic oxidation sites excluding steroid dienone is 4. The first-order valence-corrected chi connectivity index (χ1v) is 9.68. The second-order valence-electron chi connectivity index (χ2n) is 5.71. The molecule has 0 aromatic carbocycles. The Morgan fingerprint density at radius 1 is 1.41 bits per heavy atom. The normalized spacial score (nSPS) is 17.0. The number of aliphatic hydroxyl groups is 1. The predicted octanol–water partition coefficient (Wildman–Crippen LogP) is 5.16. The summed E-state index contributed by atoms with van der Waals surface area (Å²) in [5, 5.41) is 19.4. The van der Waals surface area contributed by atoms with Crippen LogP contribution in [0.15, 0.2) is 54.5 Å². The third-order valence-electron chi connectivity index (χ3n) is 4.00. The second kappa shape index (κ2) is 7.57. The fourth-order valence-electron chi connectivity index (χ4n) is 2.87. The number of alkyl halides is 2. The Hall–Kier alpha value is -1.97. The number of hydrogen-bond acceptors (Lipinski definition) is 6. The standard InChI is InChI=1S/C17H12ClF2NO4S2/c1-6-7(5-11(22)23)13-9(21-6)4-8(16(25)14(13)18)15(24)10-2-3-12(26-10)27-17(19)20/h2-3,17,25H,4-5H2,1H3,(H,22,23). The molecule has 0 amide bonds. The van der Waals surface area contributed by atoms with E-state index in [1.807, 2.05) is 0 Å². The molecule has 1 aliphatic carbocycles. The number of aliphatic hydroxyl groups excluding tert-OH is 1. The van der Waals surface area contributed by atoms with Crippen LogP contribution in [0.1, 0.15) is 29.4 Å².